The highest BCUT2D eigenvalue weighted by Gasteiger charge is 2.42. The Labute approximate surface area is 233 Å². The minimum absolute atomic E-state index is 0.647. The molecule has 1 saturated carbocycles. The van der Waals surface area contributed by atoms with Gasteiger partial charge in [-0.25, -0.2) is 0 Å². The predicted molar refractivity (Wildman–Crippen MR) is 167 cm³/mol. The second-order valence-corrected chi connectivity index (χ2v) is 11.3. The molecular formula is C38H28N2. The maximum absolute atomic E-state index is 2.54. The lowest BCUT2D eigenvalue weighted by Crippen LogP contribution is -2.01. The normalized spacial score (nSPS) is 17.7. The van der Waals surface area contributed by atoms with E-state index in [2.05, 4.69) is 143 Å². The molecule has 0 saturated heterocycles. The van der Waals surface area contributed by atoms with Crippen LogP contribution in [-0.4, -0.2) is 9.13 Å². The fourth-order valence-electron chi connectivity index (χ4n) is 7.12. The minimum Gasteiger partial charge on any atom is -0.313 e. The molecule has 2 aliphatic carbocycles. The van der Waals surface area contributed by atoms with Crippen LogP contribution >= 0.6 is 0 Å². The molecule has 2 unspecified atom stereocenters. The number of rotatable bonds is 3. The van der Waals surface area contributed by atoms with Crippen molar-refractivity contribution in [2.24, 2.45) is 5.92 Å². The number of hydrogen-bond acceptors (Lipinski definition) is 0. The molecule has 40 heavy (non-hydrogen) atoms. The fourth-order valence-corrected chi connectivity index (χ4v) is 7.12. The summed E-state index contributed by atoms with van der Waals surface area (Å²) in [5.74, 6) is 1.35. The van der Waals surface area contributed by atoms with Crippen molar-refractivity contribution in [1.82, 2.24) is 9.13 Å². The largest absolute Gasteiger partial charge is 0.313 e. The molecule has 2 atom stereocenters. The SMILES string of the molecule is C1=CC2CC2c2c(c3ccccc3n2-c2ccc(-c3ccc(-n4c5ccccc5c5ccccc54)cc3)cc2)C1. The molecule has 2 nitrogen and oxygen atoms in total. The third-order valence-electron chi connectivity index (χ3n) is 9.08. The van der Waals surface area contributed by atoms with Crippen molar-refractivity contribution in [3.05, 3.63) is 145 Å². The molecule has 7 aromatic rings. The summed E-state index contributed by atoms with van der Waals surface area (Å²) >= 11 is 0. The van der Waals surface area contributed by atoms with Gasteiger partial charge in [0.1, 0.15) is 0 Å². The highest BCUT2D eigenvalue weighted by Crippen LogP contribution is 2.53. The number of allylic oxidation sites excluding steroid dienone is 2. The molecule has 9 rings (SSSR count). The van der Waals surface area contributed by atoms with Gasteiger partial charge in [0, 0.05) is 39.1 Å². The Kier molecular flexibility index (Phi) is 4.59. The van der Waals surface area contributed by atoms with Crippen molar-refractivity contribution in [1.29, 1.82) is 0 Å². The van der Waals surface area contributed by atoms with Crippen LogP contribution in [0.25, 0.3) is 55.2 Å². The third kappa shape index (κ3) is 3.17. The molecule has 190 valence electrons. The first-order valence-corrected chi connectivity index (χ1v) is 14.3. The Morgan fingerprint density at radius 3 is 1.60 bits per heavy atom. The molecule has 0 aliphatic heterocycles. The van der Waals surface area contributed by atoms with Crippen LogP contribution in [0.2, 0.25) is 0 Å². The first-order chi connectivity index (χ1) is 19.8. The number of aromatic nitrogens is 2. The highest BCUT2D eigenvalue weighted by atomic mass is 15.0. The summed E-state index contributed by atoms with van der Waals surface area (Å²) in [4.78, 5) is 0. The second-order valence-electron chi connectivity index (χ2n) is 11.3. The Hall–Kier alpha value is -4.82. The van der Waals surface area contributed by atoms with Gasteiger partial charge >= 0.3 is 0 Å². The van der Waals surface area contributed by atoms with E-state index in [1.54, 1.807) is 0 Å². The molecule has 0 N–H and O–H groups in total. The molecule has 2 aliphatic rings. The minimum atomic E-state index is 0.647. The van der Waals surface area contributed by atoms with Gasteiger partial charge in [-0.05, 0) is 77.9 Å². The second kappa shape index (κ2) is 8.34. The Morgan fingerprint density at radius 2 is 1.00 bits per heavy atom. The quantitative estimate of drug-likeness (QED) is 0.209. The van der Waals surface area contributed by atoms with Gasteiger partial charge in [-0.3, -0.25) is 0 Å². The third-order valence-corrected chi connectivity index (χ3v) is 9.08. The number of fused-ring (bicyclic) bond motifs is 8. The lowest BCUT2D eigenvalue weighted by Gasteiger charge is -2.13. The molecule has 2 heteroatoms. The number of nitrogens with zero attached hydrogens (tertiary/aromatic N) is 2. The molecular weight excluding hydrogens is 484 g/mol. The van der Waals surface area contributed by atoms with Crippen LogP contribution in [0.5, 0.6) is 0 Å². The van der Waals surface area contributed by atoms with E-state index in [1.165, 1.54) is 72.9 Å². The topological polar surface area (TPSA) is 9.86 Å². The lowest BCUT2D eigenvalue weighted by atomic mass is 10.0. The first-order valence-electron chi connectivity index (χ1n) is 14.3. The molecule has 5 aromatic carbocycles. The van der Waals surface area contributed by atoms with E-state index < -0.39 is 0 Å². The average Bonchev–Trinajstić information content (AvgIpc) is 3.64. The van der Waals surface area contributed by atoms with Gasteiger partial charge in [-0.1, -0.05) is 91.0 Å². The molecule has 1 fully saturated rings. The van der Waals surface area contributed by atoms with Crippen LogP contribution in [0.15, 0.2) is 133 Å². The van der Waals surface area contributed by atoms with Crippen LogP contribution in [0, 0.1) is 5.92 Å². The van der Waals surface area contributed by atoms with Gasteiger partial charge < -0.3 is 9.13 Å². The van der Waals surface area contributed by atoms with Crippen LogP contribution < -0.4 is 0 Å². The van der Waals surface area contributed by atoms with Crippen LogP contribution in [0.4, 0.5) is 0 Å². The van der Waals surface area contributed by atoms with Crippen molar-refractivity contribution in [2.45, 2.75) is 18.8 Å². The number of benzene rings is 5. The van der Waals surface area contributed by atoms with Gasteiger partial charge in [0.2, 0.25) is 0 Å². The Morgan fingerprint density at radius 1 is 0.500 bits per heavy atom. The van der Waals surface area contributed by atoms with Crippen molar-refractivity contribution < 1.29 is 0 Å². The van der Waals surface area contributed by atoms with E-state index in [-0.39, 0.29) is 0 Å². The van der Waals surface area contributed by atoms with E-state index in [1.807, 2.05) is 0 Å². The summed E-state index contributed by atoms with van der Waals surface area (Å²) in [7, 11) is 0. The molecule has 0 radical (unpaired) electrons. The Bertz CT molecular complexity index is 2050. The predicted octanol–water partition coefficient (Wildman–Crippen LogP) is 9.61. The summed E-state index contributed by atoms with van der Waals surface area (Å²) in [5.41, 5.74) is 11.8. The summed E-state index contributed by atoms with van der Waals surface area (Å²) < 4.78 is 4.91. The van der Waals surface area contributed by atoms with Crippen molar-refractivity contribution in [2.75, 3.05) is 0 Å². The molecule has 2 heterocycles. The summed E-state index contributed by atoms with van der Waals surface area (Å²) in [6.45, 7) is 0. The standard InChI is InChI=1S/C38H28N2/c1-4-13-35-30(9-1)31-10-2-5-14-36(31)39(35)28-20-16-25(17-21-28)26-18-22-29(23-19-26)40-37-15-6-3-11-32(37)33-12-7-8-27-24-34(27)38(33)40/h1-11,13-23,27,34H,12,24H2. The van der Waals surface area contributed by atoms with Gasteiger partial charge in [0.05, 0.1) is 16.6 Å². The van der Waals surface area contributed by atoms with E-state index in [0.29, 0.717) is 11.8 Å². The maximum atomic E-state index is 2.54. The van der Waals surface area contributed by atoms with Crippen molar-refractivity contribution in [3.8, 4) is 22.5 Å². The van der Waals surface area contributed by atoms with Crippen molar-refractivity contribution in [3.63, 3.8) is 0 Å². The summed E-state index contributed by atoms with van der Waals surface area (Å²) in [6.07, 6.45) is 7.14. The van der Waals surface area contributed by atoms with Crippen LogP contribution in [-0.2, 0) is 6.42 Å². The monoisotopic (exact) mass is 512 g/mol. The smallest absolute Gasteiger partial charge is 0.0541 e. The van der Waals surface area contributed by atoms with Gasteiger partial charge in [0.15, 0.2) is 0 Å². The highest BCUT2D eigenvalue weighted by molar-refractivity contribution is 6.09. The number of para-hydroxylation sites is 3. The molecule has 0 bridgehead atoms. The van der Waals surface area contributed by atoms with Crippen molar-refractivity contribution >= 4 is 32.7 Å². The van der Waals surface area contributed by atoms with E-state index in [0.717, 1.165) is 6.42 Å². The summed E-state index contributed by atoms with van der Waals surface area (Å²) in [6, 6.07) is 44.5. The van der Waals surface area contributed by atoms with Crippen LogP contribution in [0.1, 0.15) is 23.6 Å². The van der Waals surface area contributed by atoms with Gasteiger partial charge in [-0.2, -0.15) is 0 Å². The van der Waals surface area contributed by atoms with E-state index >= 15 is 0 Å². The fraction of sp³-hybridized carbons (Fsp3) is 0.105. The summed E-state index contributed by atoms with van der Waals surface area (Å²) in [5, 5.41) is 3.99. The average molecular weight is 513 g/mol. The van der Waals surface area contributed by atoms with Crippen LogP contribution in [0.3, 0.4) is 0 Å². The molecule has 2 aromatic heterocycles. The molecule has 0 amide bonds. The van der Waals surface area contributed by atoms with E-state index in [9.17, 15) is 0 Å². The lowest BCUT2D eigenvalue weighted by molar-refractivity contribution is 0.902. The van der Waals surface area contributed by atoms with Gasteiger partial charge in [-0.15, -0.1) is 0 Å². The Balaban J connectivity index is 1.11. The molecule has 0 spiro atoms. The zero-order valence-electron chi connectivity index (χ0n) is 22.2. The zero-order chi connectivity index (χ0) is 26.2. The zero-order valence-corrected chi connectivity index (χ0v) is 22.2. The first kappa shape index (κ1) is 22.0. The van der Waals surface area contributed by atoms with Gasteiger partial charge in [0.25, 0.3) is 0 Å². The maximum Gasteiger partial charge on any atom is 0.0541 e. The number of hydrogen-bond donors (Lipinski definition) is 0. The van der Waals surface area contributed by atoms with E-state index in [4.69, 9.17) is 0 Å².